The van der Waals surface area contributed by atoms with Gasteiger partial charge in [-0.25, -0.2) is 18.2 Å². The summed E-state index contributed by atoms with van der Waals surface area (Å²) in [5.41, 5.74) is 0.685. The van der Waals surface area contributed by atoms with E-state index in [2.05, 4.69) is 20.2 Å². The predicted molar refractivity (Wildman–Crippen MR) is 109 cm³/mol. The number of nitrogens with zero attached hydrogens (tertiary/aromatic N) is 5. The maximum atomic E-state index is 12.8. The Morgan fingerprint density at radius 2 is 1.69 bits per heavy atom. The second-order valence-electron chi connectivity index (χ2n) is 7.08. The minimum atomic E-state index is -3.59. The summed E-state index contributed by atoms with van der Waals surface area (Å²) in [6.45, 7) is 3.01. The van der Waals surface area contributed by atoms with Crippen molar-refractivity contribution in [3.05, 3.63) is 42.9 Å². The largest absolute Gasteiger partial charge is 0.355 e. The molecule has 2 aromatic rings. The quantitative estimate of drug-likeness (QED) is 0.813. The number of piperazine rings is 1. The standard InChI is InChI=1S/C19H24N6O3S/c26-19(22-17-6-4-8-21-18(17)23-9-1-2-10-23)24-11-13-25(14-12-24)29(27,28)16-5-3-7-20-15-16/h3-8,15H,1-2,9-14H2,(H,22,26). The van der Waals surface area contributed by atoms with Gasteiger partial charge in [-0.2, -0.15) is 4.31 Å². The van der Waals surface area contributed by atoms with Gasteiger partial charge in [-0.3, -0.25) is 4.98 Å². The Hall–Kier alpha value is -2.72. The number of pyridine rings is 2. The molecule has 2 fully saturated rings. The number of amides is 2. The number of aromatic nitrogens is 2. The van der Waals surface area contributed by atoms with E-state index in [1.165, 1.54) is 22.8 Å². The van der Waals surface area contributed by atoms with Gasteiger partial charge in [0.2, 0.25) is 10.0 Å². The minimum absolute atomic E-state index is 0.170. The van der Waals surface area contributed by atoms with E-state index in [0.717, 1.165) is 31.7 Å². The molecule has 0 unspecified atom stereocenters. The van der Waals surface area contributed by atoms with Crippen LogP contribution in [0, 0.1) is 0 Å². The van der Waals surface area contributed by atoms with E-state index in [9.17, 15) is 13.2 Å². The monoisotopic (exact) mass is 416 g/mol. The number of urea groups is 1. The van der Waals surface area contributed by atoms with Crippen LogP contribution in [0.3, 0.4) is 0 Å². The topological polar surface area (TPSA) is 98.7 Å². The smallest absolute Gasteiger partial charge is 0.322 e. The fourth-order valence-electron chi connectivity index (χ4n) is 3.65. The Labute approximate surface area is 170 Å². The lowest BCUT2D eigenvalue weighted by atomic mass is 10.3. The van der Waals surface area contributed by atoms with E-state index in [0.29, 0.717) is 18.8 Å². The van der Waals surface area contributed by atoms with Crippen LogP contribution in [0.4, 0.5) is 16.3 Å². The van der Waals surface area contributed by atoms with Crippen molar-refractivity contribution in [1.82, 2.24) is 19.2 Å². The molecular weight excluding hydrogens is 392 g/mol. The van der Waals surface area contributed by atoms with Crippen LogP contribution >= 0.6 is 0 Å². The lowest BCUT2D eigenvalue weighted by Crippen LogP contribution is -2.51. The average Bonchev–Trinajstić information content (AvgIpc) is 3.29. The van der Waals surface area contributed by atoms with Gasteiger partial charge in [0.25, 0.3) is 0 Å². The van der Waals surface area contributed by atoms with E-state index in [1.807, 2.05) is 6.07 Å². The van der Waals surface area contributed by atoms with Gasteiger partial charge in [-0.1, -0.05) is 0 Å². The summed E-state index contributed by atoms with van der Waals surface area (Å²) in [4.78, 5) is 25.1. The fraction of sp³-hybridized carbons (Fsp3) is 0.421. The van der Waals surface area contributed by atoms with Crippen molar-refractivity contribution in [2.45, 2.75) is 17.7 Å². The number of sulfonamides is 1. The number of carbonyl (C=O) groups excluding carboxylic acids is 1. The number of anilines is 2. The maximum absolute atomic E-state index is 12.8. The molecule has 4 rings (SSSR count). The molecule has 154 valence electrons. The highest BCUT2D eigenvalue weighted by atomic mass is 32.2. The molecule has 4 heterocycles. The van der Waals surface area contributed by atoms with Crippen molar-refractivity contribution < 1.29 is 13.2 Å². The summed E-state index contributed by atoms with van der Waals surface area (Å²) in [5, 5.41) is 2.95. The highest BCUT2D eigenvalue weighted by molar-refractivity contribution is 7.89. The Bertz CT molecular complexity index is 955. The molecule has 0 spiro atoms. The van der Waals surface area contributed by atoms with Gasteiger partial charge in [0.1, 0.15) is 4.90 Å². The predicted octanol–water partition coefficient (Wildman–Crippen LogP) is 1.62. The maximum Gasteiger partial charge on any atom is 0.322 e. The molecule has 1 N–H and O–H groups in total. The number of hydrogen-bond acceptors (Lipinski definition) is 6. The van der Waals surface area contributed by atoms with Crippen LogP contribution in [-0.4, -0.2) is 72.9 Å². The van der Waals surface area contributed by atoms with Crippen molar-refractivity contribution in [2.24, 2.45) is 0 Å². The Balaban J connectivity index is 1.39. The van der Waals surface area contributed by atoms with Gasteiger partial charge < -0.3 is 15.1 Å². The zero-order valence-electron chi connectivity index (χ0n) is 16.1. The summed E-state index contributed by atoms with van der Waals surface area (Å²) in [5.74, 6) is 0.788. The first kappa shape index (κ1) is 19.6. The van der Waals surface area contributed by atoms with Gasteiger partial charge in [-0.05, 0) is 37.1 Å². The third-order valence-electron chi connectivity index (χ3n) is 5.23. The lowest BCUT2D eigenvalue weighted by Gasteiger charge is -2.34. The summed E-state index contributed by atoms with van der Waals surface area (Å²) >= 11 is 0. The summed E-state index contributed by atoms with van der Waals surface area (Å²) in [6.07, 6.45) is 6.85. The molecule has 2 aliphatic heterocycles. The summed E-state index contributed by atoms with van der Waals surface area (Å²) in [7, 11) is -3.59. The van der Waals surface area contributed by atoms with Gasteiger partial charge in [0.15, 0.2) is 5.82 Å². The Kier molecular flexibility index (Phi) is 5.63. The third kappa shape index (κ3) is 4.18. The van der Waals surface area contributed by atoms with Crippen LogP contribution in [0.15, 0.2) is 47.8 Å². The highest BCUT2D eigenvalue weighted by Gasteiger charge is 2.30. The zero-order chi connectivity index (χ0) is 20.3. The van der Waals surface area contributed by atoms with Crippen LogP contribution in [0.25, 0.3) is 0 Å². The van der Waals surface area contributed by atoms with Crippen LogP contribution in [0.1, 0.15) is 12.8 Å². The van der Waals surface area contributed by atoms with Gasteiger partial charge in [0.05, 0.1) is 5.69 Å². The first-order chi connectivity index (χ1) is 14.1. The van der Waals surface area contributed by atoms with Crippen molar-refractivity contribution >= 4 is 27.6 Å². The molecule has 2 aromatic heterocycles. The van der Waals surface area contributed by atoms with E-state index >= 15 is 0 Å². The van der Waals surface area contributed by atoms with E-state index in [1.54, 1.807) is 23.2 Å². The first-order valence-electron chi connectivity index (χ1n) is 9.72. The third-order valence-corrected chi connectivity index (χ3v) is 7.11. The van der Waals surface area contributed by atoms with E-state index in [4.69, 9.17) is 0 Å². The fourth-order valence-corrected chi connectivity index (χ4v) is 5.04. The molecule has 0 atom stereocenters. The molecule has 0 aromatic carbocycles. The normalized spacial score (nSPS) is 18.1. The lowest BCUT2D eigenvalue weighted by molar-refractivity contribution is 0.184. The second kappa shape index (κ2) is 8.34. The average molecular weight is 417 g/mol. The number of rotatable bonds is 4. The van der Waals surface area contributed by atoms with E-state index < -0.39 is 10.0 Å². The zero-order valence-corrected chi connectivity index (χ0v) is 16.9. The van der Waals surface area contributed by atoms with Crippen LogP contribution in [0.5, 0.6) is 0 Å². The number of hydrogen-bond donors (Lipinski definition) is 1. The second-order valence-corrected chi connectivity index (χ2v) is 9.02. The minimum Gasteiger partial charge on any atom is -0.355 e. The van der Waals surface area contributed by atoms with Gasteiger partial charge in [-0.15, -0.1) is 0 Å². The molecule has 10 heteroatoms. The van der Waals surface area contributed by atoms with Gasteiger partial charge >= 0.3 is 6.03 Å². The highest BCUT2D eigenvalue weighted by Crippen LogP contribution is 2.26. The molecule has 0 radical (unpaired) electrons. The molecule has 29 heavy (non-hydrogen) atoms. The molecule has 2 saturated heterocycles. The SMILES string of the molecule is O=C(Nc1cccnc1N1CCCC1)N1CCN(S(=O)(=O)c2cccnc2)CC1. The van der Waals surface area contributed by atoms with E-state index in [-0.39, 0.29) is 24.0 Å². The van der Waals surface area contributed by atoms with Crippen LogP contribution in [0.2, 0.25) is 0 Å². The summed E-state index contributed by atoms with van der Waals surface area (Å²) in [6, 6.07) is 6.54. The van der Waals surface area contributed by atoms with Crippen molar-refractivity contribution in [2.75, 3.05) is 49.5 Å². The molecule has 0 saturated carbocycles. The summed E-state index contributed by atoms with van der Waals surface area (Å²) < 4.78 is 26.8. The first-order valence-corrected chi connectivity index (χ1v) is 11.2. The Morgan fingerprint density at radius 1 is 0.966 bits per heavy atom. The van der Waals surface area contributed by atoms with Crippen LogP contribution in [-0.2, 0) is 10.0 Å². The molecule has 2 amide bonds. The van der Waals surface area contributed by atoms with Gasteiger partial charge in [0, 0.05) is 57.9 Å². The van der Waals surface area contributed by atoms with Crippen LogP contribution < -0.4 is 10.2 Å². The molecule has 9 nitrogen and oxygen atoms in total. The van der Waals surface area contributed by atoms with Crippen molar-refractivity contribution in [1.29, 1.82) is 0 Å². The molecule has 0 bridgehead atoms. The molecule has 0 aliphatic carbocycles. The molecular formula is C19H24N6O3S. The molecule has 2 aliphatic rings. The Morgan fingerprint density at radius 3 is 2.38 bits per heavy atom. The number of carbonyl (C=O) groups is 1. The van der Waals surface area contributed by atoms with Crippen molar-refractivity contribution in [3.8, 4) is 0 Å². The van der Waals surface area contributed by atoms with Crippen molar-refractivity contribution in [3.63, 3.8) is 0 Å². The number of nitrogens with one attached hydrogen (secondary N) is 1.